The standard InChI is InChI=1S/C17H25N3O4/c1-3-20(16(22)17(18)8-10-24-11-9-17)12-15(21)19-13-6-4-5-7-14(13)23-2/h4-7H,3,8-12,18H2,1-2H3,(H,19,21). The number of nitrogens with two attached hydrogens (primary N) is 1. The summed E-state index contributed by atoms with van der Waals surface area (Å²) in [4.78, 5) is 26.5. The van der Waals surface area contributed by atoms with Crippen molar-refractivity contribution in [3.05, 3.63) is 24.3 Å². The topological polar surface area (TPSA) is 93.9 Å². The molecule has 24 heavy (non-hydrogen) atoms. The lowest BCUT2D eigenvalue weighted by molar-refractivity contribution is -0.142. The Balaban J connectivity index is 2.01. The summed E-state index contributed by atoms with van der Waals surface area (Å²) in [6.07, 6.45) is 0.937. The number of carbonyl (C=O) groups is 2. The summed E-state index contributed by atoms with van der Waals surface area (Å²) < 4.78 is 10.5. The first-order chi connectivity index (χ1) is 11.5. The number of rotatable bonds is 6. The fraction of sp³-hybridized carbons (Fsp3) is 0.529. The molecule has 2 amide bonds. The van der Waals surface area contributed by atoms with Gasteiger partial charge in [0.1, 0.15) is 5.75 Å². The second-order valence-corrected chi connectivity index (χ2v) is 5.84. The van der Waals surface area contributed by atoms with Gasteiger partial charge in [0.15, 0.2) is 0 Å². The molecule has 7 heteroatoms. The van der Waals surface area contributed by atoms with Crippen LogP contribution in [0.4, 0.5) is 5.69 Å². The maximum Gasteiger partial charge on any atom is 0.244 e. The predicted molar refractivity (Wildman–Crippen MR) is 90.8 cm³/mol. The van der Waals surface area contributed by atoms with Crippen LogP contribution in [0.2, 0.25) is 0 Å². The lowest BCUT2D eigenvalue weighted by Gasteiger charge is -2.36. The quantitative estimate of drug-likeness (QED) is 0.808. The van der Waals surface area contributed by atoms with Crippen LogP contribution < -0.4 is 15.8 Å². The first kappa shape index (κ1) is 18.2. The number of ether oxygens (including phenoxy) is 2. The number of likely N-dealkylation sites (N-methyl/N-ethyl adjacent to an activating group) is 1. The van der Waals surface area contributed by atoms with Crippen molar-refractivity contribution in [2.45, 2.75) is 25.3 Å². The van der Waals surface area contributed by atoms with Gasteiger partial charge in [0.2, 0.25) is 11.8 Å². The van der Waals surface area contributed by atoms with Crippen LogP contribution in [-0.2, 0) is 14.3 Å². The Kier molecular flexibility index (Phi) is 6.16. The van der Waals surface area contributed by atoms with Crippen molar-refractivity contribution >= 4 is 17.5 Å². The van der Waals surface area contributed by atoms with Crippen LogP contribution in [0.3, 0.4) is 0 Å². The molecule has 0 radical (unpaired) electrons. The van der Waals surface area contributed by atoms with E-state index < -0.39 is 5.54 Å². The third-order valence-corrected chi connectivity index (χ3v) is 4.20. The minimum Gasteiger partial charge on any atom is -0.495 e. The number of anilines is 1. The van der Waals surface area contributed by atoms with Crippen molar-refractivity contribution in [3.8, 4) is 5.75 Å². The Morgan fingerprint density at radius 2 is 2.00 bits per heavy atom. The molecule has 1 aromatic rings. The van der Waals surface area contributed by atoms with Gasteiger partial charge in [-0.05, 0) is 31.9 Å². The number of para-hydroxylation sites is 2. The number of hydrogen-bond donors (Lipinski definition) is 2. The molecule has 0 unspecified atom stereocenters. The molecular formula is C17H25N3O4. The van der Waals surface area contributed by atoms with Gasteiger partial charge in [0.05, 0.1) is 24.9 Å². The Bertz CT molecular complexity index is 585. The first-order valence-corrected chi connectivity index (χ1v) is 8.09. The van der Waals surface area contributed by atoms with E-state index in [1.807, 2.05) is 13.0 Å². The van der Waals surface area contributed by atoms with Gasteiger partial charge in [-0.1, -0.05) is 12.1 Å². The van der Waals surface area contributed by atoms with E-state index in [0.29, 0.717) is 44.0 Å². The Hall–Kier alpha value is -2.12. The molecule has 2 rings (SSSR count). The second kappa shape index (κ2) is 8.12. The predicted octanol–water partition coefficient (Wildman–Crippen LogP) is 0.990. The van der Waals surface area contributed by atoms with E-state index in [2.05, 4.69) is 5.32 Å². The number of amides is 2. The van der Waals surface area contributed by atoms with Crippen molar-refractivity contribution in [1.82, 2.24) is 4.90 Å². The lowest BCUT2D eigenvalue weighted by atomic mass is 9.89. The highest BCUT2D eigenvalue weighted by Gasteiger charge is 2.39. The van der Waals surface area contributed by atoms with Crippen molar-refractivity contribution in [2.75, 3.05) is 38.7 Å². The van der Waals surface area contributed by atoms with Crippen LogP contribution >= 0.6 is 0 Å². The zero-order chi connectivity index (χ0) is 17.6. The van der Waals surface area contributed by atoms with Crippen LogP contribution in [0.25, 0.3) is 0 Å². The van der Waals surface area contributed by atoms with Gasteiger partial charge in [-0.3, -0.25) is 9.59 Å². The normalized spacial score (nSPS) is 16.3. The van der Waals surface area contributed by atoms with Crippen molar-refractivity contribution < 1.29 is 19.1 Å². The Labute approximate surface area is 142 Å². The second-order valence-electron chi connectivity index (χ2n) is 5.84. The summed E-state index contributed by atoms with van der Waals surface area (Å²) in [5.41, 5.74) is 5.86. The van der Waals surface area contributed by atoms with Crippen LogP contribution in [0.15, 0.2) is 24.3 Å². The highest BCUT2D eigenvalue weighted by Crippen LogP contribution is 2.23. The average Bonchev–Trinajstić information content (AvgIpc) is 2.60. The summed E-state index contributed by atoms with van der Waals surface area (Å²) in [6, 6.07) is 7.13. The molecular weight excluding hydrogens is 310 g/mol. The fourth-order valence-electron chi connectivity index (χ4n) is 2.70. The van der Waals surface area contributed by atoms with Crippen LogP contribution in [0, 0.1) is 0 Å². The molecule has 1 aliphatic heterocycles. The monoisotopic (exact) mass is 335 g/mol. The average molecular weight is 335 g/mol. The maximum atomic E-state index is 12.7. The summed E-state index contributed by atoms with van der Waals surface area (Å²) in [5, 5.41) is 2.77. The maximum absolute atomic E-state index is 12.7. The minimum absolute atomic E-state index is 0.0484. The molecule has 0 bridgehead atoms. The highest BCUT2D eigenvalue weighted by molar-refractivity contribution is 5.97. The van der Waals surface area contributed by atoms with Gasteiger partial charge < -0.3 is 25.4 Å². The van der Waals surface area contributed by atoms with E-state index in [4.69, 9.17) is 15.2 Å². The number of hydrogen-bond acceptors (Lipinski definition) is 5. The molecule has 0 spiro atoms. The van der Waals surface area contributed by atoms with E-state index >= 15 is 0 Å². The van der Waals surface area contributed by atoms with Gasteiger partial charge in [-0.2, -0.15) is 0 Å². The molecule has 1 saturated heterocycles. The zero-order valence-electron chi connectivity index (χ0n) is 14.2. The number of methoxy groups -OCH3 is 1. The van der Waals surface area contributed by atoms with Gasteiger partial charge in [0, 0.05) is 19.8 Å². The van der Waals surface area contributed by atoms with Gasteiger partial charge in [-0.15, -0.1) is 0 Å². The highest BCUT2D eigenvalue weighted by atomic mass is 16.5. The number of nitrogens with zero attached hydrogens (tertiary/aromatic N) is 1. The first-order valence-electron chi connectivity index (χ1n) is 8.09. The summed E-state index contributed by atoms with van der Waals surface area (Å²) in [6.45, 7) is 3.13. The van der Waals surface area contributed by atoms with Gasteiger partial charge in [-0.25, -0.2) is 0 Å². The van der Waals surface area contributed by atoms with Crippen molar-refractivity contribution in [2.24, 2.45) is 5.73 Å². The van der Waals surface area contributed by atoms with E-state index in [-0.39, 0.29) is 18.4 Å². The van der Waals surface area contributed by atoms with Crippen LogP contribution in [0.1, 0.15) is 19.8 Å². The molecule has 0 atom stereocenters. The minimum atomic E-state index is -0.945. The third-order valence-electron chi connectivity index (χ3n) is 4.20. The fourth-order valence-corrected chi connectivity index (χ4v) is 2.70. The lowest BCUT2D eigenvalue weighted by Crippen LogP contribution is -2.59. The largest absolute Gasteiger partial charge is 0.495 e. The molecule has 0 saturated carbocycles. The summed E-state index contributed by atoms with van der Waals surface area (Å²) in [7, 11) is 1.54. The molecule has 1 fully saturated rings. The molecule has 0 aromatic heterocycles. The molecule has 1 aliphatic rings. The molecule has 7 nitrogen and oxygen atoms in total. The number of nitrogens with one attached hydrogen (secondary N) is 1. The van der Waals surface area contributed by atoms with E-state index in [1.165, 1.54) is 12.0 Å². The van der Waals surface area contributed by atoms with E-state index in [1.54, 1.807) is 18.2 Å². The number of benzene rings is 1. The Morgan fingerprint density at radius 3 is 2.62 bits per heavy atom. The van der Waals surface area contributed by atoms with Gasteiger partial charge >= 0.3 is 0 Å². The van der Waals surface area contributed by atoms with Crippen molar-refractivity contribution in [3.63, 3.8) is 0 Å². The zero-order valence-corrected chi connectivity index (χ0v) is 14.2. The molecule has 1 heterocycles. The molecule has 132 valence electrons. The van der Waals surface area contributed by atoms with Crippen LogP contribution in [0.5, 0.6) is 5.75 Å². The molecule has 0 aliphatic carbocycles. The summed E-state index contributed by atoms with van der Waals surface area (Å²) >= 11 is 0. The smallest absolute Gasteiger partial charge is 0.244 e. The SMILES string of the molecule is CCN(CC(=O)Nc1ccccc1OC)C(=O)C1(N)CCOCC1. The Morgan fingerprint density at radius 1 is 1.33 bits per heavy atom. The van der Waals surface area contributed by atoms with Crippen molar-refractivity contribution in [1.29, 1.82) is 0 Å². The van der Waals surface area contributed by atoms with E-state index in [0.717, 1.165) is 0 Å². The summed E-state index contributed by atoms with van der Waals surface area (Å²) in [5.74, 6) is 0.0776. The van der Waals surface area contributed by atoms with Gasteiger partial charge in [0.25, 0.3) is 0 Å². The number of carbonyl (C=O) groups excluding carboxylic acids is 2. The molecule has 3 N–H and O–H groups in total. The third kappa shape index (κ3) is 4.24. The van der Waals surface area contributed by atoms with E-state index in [9.17, 15) is 9.59 Å². The molecule has 1 aromatic carbocycles. The van der Waals surface area contributed by atoms with Crippen LogP contribution in [-0.4, -0.2) is 55.7 Å².